The van der Waals surface area contributed by atoms with Gasteiger partial charge in [0.1, 0.15) is 12.4 Å². The number of rotatable bonds is 6. The molecular weight excluding hydrogens is 288 g/mol. The number of aryl methyl sites for hydroxylation is 1. The fourth-order valence-electron chi connectivity index (χ4n) is 1.82. The van der Waals surface area contributed by atoms with Gasteiger partial charge in [-0.3, -0.25) is 4.72 Å². The maximum atomic E-state index is 12.3. The van der Waals surface area contributed by atoms with Crippen molar-refractivity contribution in [1.29, 1.82) is 0 Å². The molecule has 6 heteroatoms. The molecule has 0 amide bonds. The standard InChI is InChI=1S/C15H18N2O3S/c1-12-4-2-7-15(10-12)21(18,19)17-13-5-3-6-14(11-13)20-9-8-16/h2-7,10-11,17H,8-9,16H2,1H3. The number of hydrogen-bond donors (Lipinski definition) is 2. The smallest absolute Gasteiger partial charge is 0.261 e. The van der Waals surface area contributed by atoms with E-state index in [1.807, 2.05) is 13.0 Å². The Balaban J connectivity index is 2.20. The number of benzene rings is 2. The summed E-state index contributed by atoms with van der Waals surface area (Å²) in [7, 11) is -3.60. The molecule has 0 aliphatic carbocycles. The Morgan fingerprint density at radius 1 is 1.14 bits per heavy atom. The van der Waals surface area contributed by atoms with Gasteiger partial charge < -0.3 is 10.5 Å². The SMILES string of the molecule is Cc1cccc(S(=O)(=O)Nc2cccc(OCCN)c2)c1. The summed E-state index contributed by atoms with van der Waals surface area (Å²) in [5.41, 5.74) is 6.71. The van der Waals surface area contributed by atoms with Gasteiger partial charge in [-0.2, -0.15) is 0 Å². The first-order valence-electron chi connectivity index (χ1n) is 6.54. The predicted molar refractivity (Wildman–Crippen MR) is 83.0 cm³/mol. The third-order valence-electron chi connectivity index (χ3n) is 2.77. The molecule has 0 aliphatic heterocycles. The highest BCUT2D eigenvalue weighted by atomic mass is 32.2. The van der Waals surface area contributed by atoms with Gasteiger partial charge in [0.15, 0.2) is 0 Å². The van der Waals surface area contributed by atoms with Crippen LogP contribution in [0.5, 0.6) is 5.75 Å². The lowest BCUT2D eigenvalue weighted by molar-refractivity contribution is 0.328. The van der Waals surface area contributed by atoms with Crippen LogP contribution in [0.25, 0.3) is 0 Å². The van der Waals surface area contributed by atoms with E-state index in [1.54, 1.807) is 42.5 Å². The van der Waals surface area contributed by atoms with Crippen molar-refractivity contribution in [2.24, 2.45) is 5.73 Å². The van der Waals surface area contributed by atoms with Crippen molar-refractivity contribution in [1.82, 2.24) is 0 Å². The molecule has 5 nitrogen and oxygen atoms in total. The van der Waals surface area contributed by atoms with E-state index in [1.165, 1.54) is 0 Å². The minimum atomic E-state index is -3.60. The second-order valence-electron chi connectivity index (χ2n) is 4.59. The average molecular weight is 306 g/mol. The molecule has 0 saturated carbocycles. The van der Waals surface area contributed by atoms with Crippen molar-refractivity contribution in [3.63, 3.8) is 0 Å². The zero-order valence-corrected chi connectivity index (χ0v) is 12.6. The minimum Gasteiger partial charge on any atom is -0.492 e. The zero-order chi connectivity index (χ0) is 15.3. The number of sulfonamides is 1. The molecule has 0 spiro atoms. The number of nitrogens with two attached hydrogens (primary N) is 1. The van der Waals surface area contributed by atoms with Crippen LogP contribution < -0.4 is 15.2 Å². The van der Waals surface area contributed by atoms with Crippen LogP contribution in [0.4, 0.5) is 5.69 Å². The van der Waals surface area contributed by atoms with E-state index in [2.05, 4.69) is 4.72 Å². The zero-order valence-electron chi connectivity index (χ0n) is 11.7. The Kier molecular flexibility index (Phi) is 4.82. The molecule has 0 fully saturated rings. The average Bonchev–Trinajstić information content (AvgIpc) is 2.45. The Hall–Kier alpha value is -2.05. The maximum Gasteiger partial charge on any atom is 0.261 e. The first-order chi connectivity index (χ1) is 10.0. The van der Waals surface area contributed by atoms with E-state index in [0.717, 1.165) is 5.56 Å². The van der Waals surface area contributed by atoms with Crippen LogP contribution in [0.3, 0.4) is 0 Å². The van der Waals surface area contributed by atoms with Crippen LogP contribution in [0.2, 0.25) is 0 Å². The van der Waals surface area contributed by atoms with Crippen LogP contribution in [-0.4, -0.2) is 21.6 Å². The predicted octanol–water partition coefficient (Wildman–Crippen LogP) is 2.13. The summed E-state index contributed by atoms with van der Waals surface area (Å²) in [5.74, 6) is 0.574. The minimum absolute atomic E-state index is 0.232. The Labute approximate surface area is 124 Å². The maximum absolute atomic E-state index is 12.3. The highest BCUT2D eigenvalue weighted by Crippen LogP contribution is 2.21. The quantitative estimate of drug-likeness (QED) is 0.856. The lowest BCUT2D eigenvalue weighted by Gasteiger charge is -2.10. The van der Waals surface area contributed by atoms with Gasteiger partial charge in [-0.15, -0.1) is 0 Å². The van der Waals surface area contributed by atoms with Gasteiger partial charge in [-0.25, -0.2) is 8.42 Å². The number of anilines is 1. The lowest BCUT2D eigenvalue weighted by Crippen LogP contribution is -2.13. The fourth-order valence-corrected chi connectivity index (χ4v) is 2.98. The third kappa shape index (κ3) is 4.21. The van der Waals surface area contributed by atoms with E-state index in [-0.39, 0.29) is 4.90 Å². The first kappa shape index (κ1) is 15.3. The van der Waals surface area contributed by atoms with Gasteiger partial charge in [0.25, 0.3) is 10.0 Å². The van der Waals surface area contributed by atoms with Gasteiger partial charge in [0, 0.05) is 12.6 Å². The topological polar surface area (TPSA) is 81.4 Å². The van der Waals surface area contributed by atoms with Crippen molar-refractivity contribution < 1.29 is 13.2 Å². The second-order valence-corrected chi connectivity index (χ2v) is 6.27. The molecule has 0 aliphatic rings. The van der Waals surface area contributed by atoms with Gasteiger partial charge >= 0.3 is 0 Å². The van der Waals surface area contributed by atoms with Crippen molar-refractivity contribution in [3.05, 3.63) is 54.1 Å². The summed E-state index contributed by atoms with van der Waals surface area (Å²) in [4.78, 5) is 0.232. The third-order valence-corrected chi connectivity index (χ3v) is 4.15. The highest BCUT2D eigenvalue weighted by Gasteiger charge is 2.14. The summed E-state index contributed by atoms with van der Waals surface area (Å²) < 4.78 is 32.5. The molecule has 0 saturated heterocycles. The summed E-state index contributed by atoms with van der Waals surface area (Å²) in [6, 6.07) is 13.5. The molecule has 2 aromatic rings. The lowest BCUT2D eigenvalue weighted by atomic mass is 10.2. The van der Waals surface area contributed by atoms with Crippen LogP contribution in [0, 0.1) is 6.92 Å². The molecule has 3 N–H and O–H groups in total. The van der Waals surface area contributed by atoms with Crippen LogP contribution in [0.1, 0.15) is 5.56 Å². The van der Waals surface area contributed by atoms with Gasteiger partial charge in [-0.1, -0.05) is 18.2 Å². The molecule has 2 aromatic carbocycles. The normalized spacial score (nSPS) is 11.1. The number of ether oxygens (including phenoxy) is 1. The Bertz CT molecular complexity index is 714. The van der Waals surface area contributed by atoms with Crippen LogP contribution in [-0.2, 0) is 10.0 Å². The second kappa shape index (κ2) is 6.60. The van der Waals surface area contributed by atoms with Crippen molar-refractivity contribution in [3.8, 4) is 5.75 Å². The van der Waals surface area contributed by atoms with E-state index in [4.69, 9.17) is 10.5 Å². The largest absolute Gasteiger partial charge is 0.492 e. The summed E-state index contributed by atoms with van der Waals surface area (Å²) in [6.07, 6.45) is 0. The van der Waals surface area contributed by atoms with Gasteiger partial charge in [0.2, 0.25) is 0 Å². The molecule has 0 heterocycles. The fraction of sp³-hybridized carbons (Fsp3) is 0.200. The molecule has 112 valence electrons. The molecule has 0 unspecified atom stereocenters. The van der Waals surface area contributed by atoms with E-state index < -0.39 is 10.0 Å². The number of hydrogen-bond acceptors (Lipinski definition) is 4. The van der Waals surface area contributed by atoms with E-state index in [0.29, 0.717) is 24.6 Å². The van der Waals surface area contributed by atoms with E-state index >= 15 is 0 Å². The summed E-state index contributed by atoms with van der Waals surface area (Å²) >= 11 is 0. The summed E-state index contributed by atoms with van der Waals surface area (Å²) in [5, 5.41) is 0. The van der Waals surface area contributed by atoms with Crippen LogP contribution >= 0.6 is 0 Å². The monoisotopic (exact) mass is 306 g/mol. The highest BCUT2D eigenvalue weighted by molar-refractivity contribution is 7.92. The molecule has 2 rings (SSSR count). The molecular formula is C15H18N2O3S. The molecule has 0 radical (unpaired) electrons. The van der Waals surface area contributed by atoms with E-state index in [9.17, 15) is 8.42 Å². The molecule has 0 aromatic heterocycles. The molecule has 0 atom stereocenters. The number of nitrogens with one attached hydrogen (secondary N) is 1. The van der Waals surface area contributed by atoms with Gasteiger partial charge in [-0.05, 0) is 36.8 Å². The van der Waals surface area contributed by atoms with Crippen molar-refractivity contribution in [2.45, 2.75) is 11.8 Å². The van der Waals surface area contributed by atoms with Gasteiger partial charge in [0.05, 0.1) is 10.6 Å². The Morgan fingerprint density at radius 2 is 1.90 bits per heavy atom. The molecule has 0 bridgehead atoms. The summed E-state index contributed by atoms with van der Waals surface area (Å²) in [6.45, 7) is 2.63. The Morgan fingerprint density at radius 3 is 2.62 bits per heavy atom. The first-order valence-corrected chi connectivity index (χ1v) is 8.02. The van der Waals surface area contributed by atoms with Crippen molar-refractivity contribution in [2.75, 3.05) is 17.9 Å². The van der Waals surface area contributed by atoms with Crippen LogP contribution in [0.15, 0.2) is 53.4 Å². The van der Waals surface area contributed by atoms with Crippen molar-refractivity contribution >= 4 is 15.7 Å². The molecule has 21 heavy (non-hydrogen) atoms.